The fourth-order valence-electron chi connectivity index (χ4n) is 0.429. The molecule has 1 amide bonds. The molecule has 0 aromatic rings. The van der Waals surface area contributed by atoms with Crippen LogP contribution in [0.15, 0.2) is 0 Å². The highest BCUT2D eigenvalue weighted by Crippen LogP contribution is 2.01. The number of hydrogen-bond donors (Lipinski definition) is 2. The Bertz CT molecular complexity index is 108. The van der Waals surface area contributed by atoms with Crippen LogP contribution in [0.4, 0.5) is 0 Å². The molecular formula is C6H14N2OS. The van der Waals surface area contributed by atoms with Crippen molar-refractivity contribution in [3.8, 4) is 0 Å². The molecule has 0 rings (SSSR count). The highest BCUT2D eigenvalue weighted by atomic mass is 32.2. The molecule has 0 heterocycles. The van der Waals surface area contributed by atoms with Crippen LogP contribution in [0, 0.1) is 0 Å². The smallest absolute Gasteiger partial charge is 0.227 e. The van der Waals surface area contributed by atoms with E-state index in [4.69, 9.17) is 11.5 Å². The molecule has 0 radical (unpaired) electrons. The topological polar surface area (TPSA) is 69.1 Å². The lowest BCUT2D eigenvalue weighted by atomic mass is 10.3. The molecule has 0 saturated carbocycles. The zero-order valence-electron chi connectivity index (χ0n) is 6.17. The predicted molar refractivity (Wildman–Crippen MR) is 44.8 cm³/mol. The van der Waals surface area contributed by atoms with Gasteiger partial charge in [-0.05, 0) is 6.42 Å². The zero-order chi connectivity index (χ0) is 7.98. The van der Waals surface area contributed by atoms with E-state index in [9.17, 15) is 4.79 Å². The number of amides is 1. The summed E-state index contributed by atoms with van der Waals surface area (Å²) in [6.45, 7) is 2.02. The van der Waals surface area contributed by atoms with E-state index in [2.05, 4.69) is 0 Å². The Labute approximate surface area is 65.5 Å². The summed E-state index contributed by atoms with van der Waals surface area (Å²) in [6.07, 6.45) is 0.950. The van der Waals surface area contributed by atoms with Crippen molar-refractivity contribution in [1.82, 2.24) is 0 Å². The van der Waals surface area contributed by atoms with E-state index in [0.717, 1.165) is 12.2 Å². The van der Waals surface area contributed by atoms with Gasteiger partial charge in [0.25, 0.3) is 0 Å². The van der Waals surface area contributed by atoms with Crippen molar-refractivity contribution in [2.24, 2.45) is 11.5 Å². The molecule has 4 heteroatoms. The molecule has 0 aromatic carbocycles. The summed E-state index contributed by atoms with van der Waals surface area (Å²) in [5.41, 5.74) is 10.5. The summed E-state index contributed by atoms with van der Waals surface area (Å²) in [5.74, 6) is 0.931. The molecule has 0 fully saturated rings. The molecule has 4 N–H and O–H groups in total. The predicted octanol–water partition coefficient (Wildman–Crippen LogP) is -0.0578. The fraction of sp³-hybridized carbons (Fsp3) is 0.833. The number of hydrogen-bond acceptors (Lipinski definition) is 3. The van der Waals surface area contributed by atoms with Gasteiger partial charge in [-0.3, -0.25) is 4.79 Å². The quantitative estimate of drug-likeness (QED) is 0.595. The molecule has 1 unspecified atom stereocenters. The monoisotopic (exact) mass is 162 g/mol. The largest absolute Gasteiger partial charge is 0.369 e. The van der Waals surface area contributed by atoms with Gasteiger partial charge in [0.05, 0.1) is 5.75 Å². The molecular weight excluding hydrogens is 148 g/mol. The van der Waals surface area contributed by atoms with Crippen molar-refractivity contribution in [2.75, 3.05) is 11.5 Å². The van der Waals surface area contributed by atoms with Crippen LogP contribution >= 0.6 is 11.8 Å². The summed E-state index contributed by atoms with van der Waals surface area (Å²) < 4.78 is 0. The molecule has 10 heavy (non-hydrogen) atoms. The number of primary amides is 1. The first-order valence-corrected chi connectivity index (χ1v) is 4.44. The summed E-state index contributed by atoms with van der Waals surface area (Å²) in [5, 5.41) is 0. The minimum atomic E-state index is -0.270. The van der Waals surface area contributed by atoms with Crippen molar-refractivity contribution in [3.63, 3.8) is 0 Å². The molecule has 0 spiro atoms. The van der Waals surface area contributed by atoms with Gasteiger partial charge in [0.15, 0.2) is 0 Å². The summed E-state index contributed by atoms with van der Waals surface area (Å²) >= 11 is 1.49. The van der Waals surface area contributed by atoms with Gasteiger partial charge in [0, 0.05) is 11.8 Å². The third-order valence-corrected chi connectivity index (χ3v) is 2.25. The van der Waals surface area contributed by atoms with Gasteiger partial charge in [0.1, 0.15) is 0 Å². The average Bonchev–Trinajstić information content (AvgIpc) is 1.87. The molecule has 0 aliphatic heterocycles. The molecule has 0 saturated heterocycles. The second-order valence-corrected chi connectivity index (χ2v) is 3.18. The summed E-state index contributed by atoms with van der Waals surface area (Å²) in [6, 6.07) is 0.198. The molecule has 0 aliphatic carbocycles. The lowest BCUT2D eigenvalue weighted by Crippen LogP contribution is -2.23. The number of rotatable bonds is 5. The van der Waals surface area contributed by atoms with Gasteiger partial charge in [-0.15, -0.1) is 0 Å². The Morgan fingerprint density at radius 2 is 2.30 bits per heavy atom. The average molecular weight is 162 g/mol. The zero-order valence-corrected chi connectivity index (χ0v) is 6.99. The van der Waals surface area contributed by atoms with E-state index >= 15 is 0 Å². The van der Waals surface area contributed by atoms with E-state index in [-0.39, 0.29) is 11.9 Å². The Kier molecular flexibility index (Phi) is 5.43. The molecule has 0 bridgehead atoms. The molecule has 1 atom stereocenters. The normalized spacial score (nSPS) is 13.0. The minimum Gasteiger partial charge on any atom is -0.369 e. The summed E-state index contributed by atoms with van der Waals surface area (Å²) in [4.78, 5) is 10.2. The number of carbonyl (C=O) groups is 1. The lowest BCUT2D eigenvalue weighted by molar-refractivity contribution is -0.115. The summed E-state index contributed by atoms with van der Waals surface area (Å²) in [7, 11) is 0. The van der Waals surface area contributed by atoms with Crippen LogP contribution < -0.4 is 11.5 Å². The highest BCUT2D eigenvalue weighted by molar-refractivity contribution is 7.99. The molecule has 3 nitrogen and oxygen atoms in total. The van der Waals surface area contributed by atoms with Crippen LogP contribution in [-0.2, 0) is 4.79 Å². The van der Waals surface area contributed by atoms with Crippen LogP contribution in [-0.4, -0.2) is 23.5 Å². The van der Waals surface area contributed by atoms with E-state index in [1.54, 1.807) is 0 Å². The molecule has 0 aliphatic rings. The van der Waals surface area contributed by atoms with Gasteiger partial charge in [-0.2, -0.15) is 11.8 Å². The first-order chi connectivity index (χ1) is 4.66. The highest BCUT2D eigenvalue weighted by Gasteiger charge is 1.99. The van der Waals surface area contributed by atoms with Crippen LogP contribution in [0.5, 0.6) is 0 Å². The van der Waals surface area contributed by atoms with Crippen molar-refractivity contribution in [3.05, 3.63) is 0 Å². The fourth-order valence-corrected chi connectivity index (χ4v) is 1.29. The Hall–Kier alpha value is -0.220. The maximum Gasteiger partial charge on any atom is 0.227 e. The second-order valence-electron chi connectivity index (χ2n) is 2.15. The van der Waals surface area contributed by atoms with E-state index in [1.807, 2.05) is 6.92 Å². The number of nitrogens with two attached hydrogens (primary N) is 2. The molecule has 0 aromatic heterocycles. The Balaban J connectivity index is 3.11. The minimum absolute atomic E-state index is 0.198. The van der Waals surface area contributed by atoms with Crippen LogP contribution in [0.2, 0.25) is 0 Å². The van der Waals surface area contributed by atoms with Crippen LogP contribution in [0.1, 0.15) is 13.3 Å². The maximum absolute atomic E-state index is 10.2. The standard InChI is InChI=1S/C6H14N2OS/c1-2-5(7)3-10-4-6(8)9/h5H,2-4,7H2,1H3,(H2,8,9). The van der Waals surface area contributed by atoms with Crippen molar-refractivity contribution in [2.45, 2.75) is 19.4 Å². The van der Waals surface area contributed by atoms with Crippen molar-refractivity contribution in [1.29, 1.82) is 0 Å². The van der Waals surface area contributed by atoms with E-state index in [1.165, 1.54) is 11.8 Å². The number of carbonyl (C=O) groups excluding carboxylic acids is 1. The maximum atomic E-state index is 10.2. The third-order valence-electron chi connectivity index (χ3n) is 1.10. The van der Waals surface area contributed by atoms with Crippen LogP contribution in [0.25, 0.3) is 0 Å². The first-order valence-electron chi connectivity index (χ1n) is 3.28. The first kappa shape index (κ1) is 9.78. The van der Waals surface area contributed by atoms with Gasteiger partial charge in [-0.25, -0.2) is 0 Å². The van der Waals surface area contributed by atoms with Crippen LogP contribution in [0.3, 0.4) is 0 Å². The van der Waals surface area contributed by atoms with Gasteiger partial charge >= 0.3 is 0 Å². The number of thioether (sulfide) groups is 1. The van der Waals surface area contributed by atoms with Crippen molar-refractivity contribution < 1.29 is 4.79 Å². The van der Waals surface area contributed by atoms with Gasteiger partial charge in [0.2, 0.25) is 5.91 Å². The SMILES string of the molecule is CCC(N)CSCC(N)=O. The Morgan fingerprint density at radius 3 is 2.70 bits per heavy atom. The van der Waals surface area contributed by atoms with Crippen molar-refractivity contribution >= 4 is 17.7 Å². The molecule has 60 valence electrons. The van der Waals surface area contributed by atoms with Gasteiger partial charge < -0.3 is 11.5 Å². The lowest BCUT2D eigenvalue weighted by Gasteiger charge is -2.05. The van der Waals surface area contributed by atoms with E-state index in [0.29, 0.717) is 5.75 Å². The second kappa shape index (κ2) is 5.56. The van der Waals surface area contributed by atoms with Gasteiger partial charge in [-0.1, -0.05) is 6.92 Å². The Morgan fingerprint density at radius 1 is 1.70 bits per heavy atom. The third kappa shape index (κ3) is 5.91. The van der Waals surface area contributed by atoms with E-state index < -0.39 is 0 Å².